The fourth-order valence-corrected chi connectivity index (χ4v) is 1.44. The van der Waals surface area contributed by atoms with Gasteiger partial charge in [-0.05, 0) is 24.6 Å². The molecule has 2 aromatic rings. The molecule has 0 atom stereocenters. The smallest absolute Gasteiger partial charge is 0.130 e. The first-order chi connectivity index (χ1) is 7.77. The average molecular weight is 213 g/mol. The lowest BCUT2D eigenvalue weighted by molar-refractivity contribution is 0.302. The van der Waals surface area contributed by atoms with E-state index in [4.69, 9.17) is 4.74 Å². The summed E-state index contributed by atoms with van der Waals surface area (Å²) in [5.74, 6) is 0.839. The molecule has 0 saturated heterocycles. The van der Waals surface area contributed by atoms with E-state index in [9.17, 15) is 5.11 Å². The van der Waals surface area contributed by atoms with Crippen molar-refractivity contribution in [2.75, 3.05) is 0 Å². The van der Waals surface area contributed by atoms with Gasteiger partial charge in [-0.2, -0.15) is 0 Å². The van der Waals surface area contributed by atoms with Crippen molar-refractivity contribution >= 4 is 0 Å². The Labute approximate surface area is 95.1 Å². The van der Waals surface area contributed by atoms with Crippen molar-refractivity contribution in [2.24, 2.45) is 0 Å². The number of ether oxygens (including phenoxy) is 1. The van der Waals surface area contributed by atoms with Crippen LogP contribution in [0.5, 0.6) is 11.5 Å². The predicted molar refractivity (Wildman–Crippen MR) is 62.5 cm³/mol. The van der Waals surface area contributed by atoms with Crippen LogP contribution in [0.15, 0.2) is 42.5 Å². The Morgan fingerprint density at radius 2 is 1.94 bits per heavy atom. The number of benzene rings is 2. The van der Waals surface area contributed by atoms with E-state index in [0.717, 1.165) is 11.1 Å². The molecule has 0 saturated carbocycles. The second-order valence-corrected chi connectivity index (χ2v) is 3.59. The standard InChI is InChI=1S/C14H13O2/c1-11-13(15)8-5-9-14(11)16-10-12-6-3-2-4-7-12/h2-7,9,15H,10H2,1H3. The molecule has 2 rings (SSSR count). The van der Waals surface area contributed by atoms with Crippen LogP contribution in [0, 0.1) is 13.0 Å². The Hall–Kier alpha value is -1.96. The van der Waals surface area contributed by atoms with Crippen molar-refractivity contribution in [3.63, 3.8) is 0 Å². The van der Waals surface area contributed by atoms with Crippen molar-refractivity contribution in [3.05, 3.63) is 59.7 Å². The van der Waals surface area contributed by atoms with Crippen LogP contribution in [-0.2, 0) is 6.61 Å². The highest BCUT2D eigenvalue weighted by Crippen LogP contribution is 2.26. The van der Waals surface area contributed by atoms with E-state index in [-0.39, 0.29) is 5.75 Å². The van der Waals surface area contributed by atoms with E-state index < -0.39 is 0 Å². The van der Waals surface area contributed by atoms with Gasteiger partial charge in [-0.15, -0.1) is 0 Å². The molecular formula is C14H13O2. The highest BCUT2D eigenvalue weighted by atomic mass is 16.5. The molecule has 2 aromatic carbocycles. The Balaban J connectivity index is 2.08. The number of aromatic hydroxyl groups is 1. The van der Waals surface area contributed by atoms with Gasteiger partial charge in [0.25, 0.3) is 0 Å². The molecule has 1 N–H and O–H groups in total. The molecule has 81 valence electrons. The Morgan fingerprint density at radius 3 is 2.69 bits per heavy atom. The third kappa shape index (κ3) is 2.34. The maximum Gasteiger partial charge on any atom is 0.130 e. The van der Waals surface area contributed by atoms with E-state index in [2.05, 4.69) is 6.07 Å². The molecule has 2 heteroatoms. The summed E-state index contributed by atoms with van der Waals surface area (Å²) < 4.78 is 5.62. The first-order valence-corrected chi connectivity index (χ1v) is 5.14. The largest absolute Gasteiger partial charge is 0.507 e. The van der Waals surface area contributed by atoms with Crippen molar-refractivity contribution < 1.29 is 9.84 Å². The molecule has 16 heavy (non-hydrogen) atoms. The molecule has 2 nitrogen and oxygen atoms in total. The summed E-state index contributed by atoms with van der Waals surface area (Å²) in [4.78, 5) is 0. The third-order valence-electron chi connectivity index (χ3n) is 2.42. The summed E-state index contributed by atoms with van der Waals surface area (Å²) >= 11 is 0. The number of hydrogen-bond acceptors (Lipinski definition) is 2. The van der Waals surface area contributed by atoms with Crippen LogP contribution in [0.4, 0.5) is 0 Å². The predicted octanol–water partition coefficient (Wildman–Crippen LogP) is 3.08. The van der Waals surface area contributed by atoms with Gasteiger partial charge in [0.2, 0.25) is 0 Å². The van der Waals surface area contributed by atoms with Gasteiger partial charge in [-0.3, -0.25) is 0 Å². The molecule has 1 radical (unpaired) electrons. The molecule has 0 bridgehead atoms. The number of hydrogen-bond donors (Lipinski definition) is 1. The SMILES string of the molecule is Cc1c(O)[c]ccc1OCc1ccccc1. The van der Waals surface area contributed by atoms with Crippen LogP contribution in [-0.4, -0.2) is 5.11 Å². The van der Waals surface area contributed by atoms with Gasteiger partial charge < -0.3 is 9.84 Å². The van der Waals surface area contributed by atoms with E-state index in [1.165, 1.54) is 0 Å². The van der Waals surface area contributed by atoms with E-state index in [0.29, 0.717) is 12.4 Å². The first-order valence-electron chi connectivity index (χ1n) is 5.14. The van der Waals surface area contributed by atoms with Crippen LogP contribution in [0.3, 0.4) is 0 Å². The van der Waals surface area contributed by atoms with Crippen molar-refractivity contribution in [2.45, 2.75) is 13.5 Å². The maximum absolute atomic E-state index is 9.46. The van der Waals surface area contributed by atoms with Gasteiger partial charge in [-0.25, -0.2) is 0 Å². The third-order valence-corrected chi connectivity index (χ3v) is 2.42. The summed E-state index contributed by atoms with van der Waals surface area (Å²) in [6.07, 6.45) is 0. The van der Waals surface area contributed by atoms with Gasteiger partial charge in [0.05, 0.1) is 0 Å². The topological polar surface area (TPSA) is 29.5 Å². The molecule has 0 amide bonds. The summed E-state index contributed by atoms with van der Waals surface area (Å²) in [6, 6.07) is 16.1. The average Bonchev–Trinajstić information content (AvgIpc) is 2.32. The molecule has 0 spiro atoms. The minimum Gasteiger partial charge on any atom is -0.507 e. The molecule has 0 aliphatic rings. The second-order valence-electron chi connectivity index (χ2n) is 3.59. The molecule has 0 aliphatic carbocycles. The molecule has 0 unspecified atom stereocenters. The van der Waals surface area contributed by atoms with Gasteiger partial charge in [0.15, 0.2) is 0 Å². The van der Waals surface area contributed by atoms with Crippen LogP contribution in [0.25, 0.3) is 0 Å². The van der Waals surface area contributed by atoms with Crippen molar-refractivity contribution in [1.82, 2.24) is 0 Å². The maximum atomic E-state index is 9.46. The van der Waals surface area contributed by atoms with Crippen LogP contribution >= 0.6 is 0 Å². The monoisotopic (exact) mass is 213 g/mol. The normalized spacial score (nSPS) is 10.1. The van der Waals surface area contributed by atoms with Crippen LogP contribution in [0.1, 0.15) is 11.1 Å². The van der Waals surface area contributed by atoms with Crippen LogP contribution < -0.4 is 4.74 Å². The van der Waals surface area contributed by atoms with Crippen molar-refractivity contribution in [3.8, 4) is 11.5 Å². The van der Waals surface area contributed by atoms with Gasteiger partial charge >= 0.3 is 0 Å². The zero-order valence-electron chi connectivity index (χ0n) is 9.10. The summed E-state index contributed by atoms with van der Waals surface area (Å²) in [6.45, 7) is 2.32. The fourth-order valence-electron chi connectivity index (χ4n) is 1.44. The van der Waals surface area contributed by atoms with E-state index >= 15 is 0 Å². The quantitative estimate of drug-likeness (QED) is 0.849. The highest BCUT2D eigenvalue weighted by Gasteiger charge is 2.03. The van der Waals surface area contributed by atoms with Gasteiger partial charge in [-0.1, -0.05) is 30.3 Å². The van der Waals surface area contributed by atoms with Crippen LogP contribution in [0.2, 0.25) is 0 Å². The number of phenols is 1. The van der Waals surface area contributed by atoms with Crippen molar-refractivity contribution in [1.29, 1.82) is 0 Å². The number of phenolic OH excluding ortho intramolecular Hbond substituents is 1. The van der Waals surface area contributed by atoms with Gasteiger partial charge in [0, 0.05) is 11.6 Å². The number of rotatable bonds is 3. The van der Waals surface area contributed by atoms with E-state index in [1.54, 1.807) is 12.1 Å². The zero-order chi connectivity index (χ0) is 11.4. The zero-order valence-corrected chi connectivity index (χ0v) is 9.10. The minimum atomic E-state index is 0.144. The second kappa shape index (κ2) is 4.71. The molecule has 0 heterocycles. The summed E-state index contributed by atoms with van der Waals surface area (Å²) in [7, 11) is 0. The lowest BCUT2D eigenvalue weighted by Gasteiger charge is -2.09. The van der Waals surface area contributed by atoms with Gasteiger partial charge in [0.1, 0.15) is 18.1 Å². The molecular weight excluding hydrogens is 200 g/mol. The summed E-state index contributed by atoms with van der Waals surface area (Å²) in [5, 5.41) is 9.46. The first kappa shape index (κ1) is 10.6. The fraction of sp³-hybridized carbons (Fsp3) is 0.143. The highest BCUT2D eigenvalue weighted by molar-refractivity contribution is 5.41. The molecule has 0 aliphatic heterocycles. The molecule has 0 aromatic heterocycles. The van der Waals surface area contributed by atoms with E-state index in [1.807, 2.05) is 37.3 Å². The Kier molecular flexibility index (Phi) is 3.10. The summed E-state index contributed by atoms with van der Waals surface area (Å²) in [5.41, 5.74) is 1.83. The molecule has 0 fully saturated rings. The lowest BCUT2D eigenvalue weighted by Crippen LogP contribution is -1.96. The Bertz CT molecular complexity index is 463. The minimum absolute atomic E-state index is 0.144. The Morgan fingerprint density at radius 1 is 1.19 bits per heavy atom. The lowest BCUT2D eigenvalue weighted by atomic mass is 10.2.